The molecular weight excluding hydrogens is 518 g/mol. The van der Waals surface area contributed by atoms with Gasteiger partial charge in [-0.25, -0.2) is 0 Å². The SMILES string of the molecule is CC(=O)OC[C@H]1O[C@@H](c2cccc(Cc3cc4ccccc4n3C)c2)[C@H](OC(C)=O)[C@@H](OC(C)=O)[C@@H]1OC(C)=O. The van der Waals surface area contributed by atoms with Crippen LogP contribution in [0.1, 0.15) is 50.6 Å². The van der Waals surface area contributed by atoms with E-state index in [1.54, 1.807) is 0 Å². The van der Waals surface area contributed by atoms with Crippen molar-refractivity contribution in [3.05, 3.63) is 71.4 Å². The summed E-state index contributed by atoms with van der Waals surface area (Å²) in [5, 5.41) is 1.13. The normalized spacial score (nSPS) is 22.4. The summed E-state index contributed by atoms with van der Waals surface area (Å²) in [6.07, 6.45) is -4.87. The Kier molecular flexibility index (Phi) is 8.89. The average molecular weight is 552 g/mol. The molecule has 10 heteroatoms. The maximum absolute atomic E-state index is 12.2. The number of aromatic nitrogens is 1. The molecule has 0 spiro atoms. The zero-order valence-corrected chi connectivity index (χ0v) is 23.1. The molecule has 2 aromatic carbocycles. The molecule has 40 heavy (non-hydrogen) atoms. The highest BCUT2D eigenvalue weighted by atomic mass is 16.7. The first-order valence-electron chi connectivity index (χ1n) is 13.0. The van der Waals surface area contributed by atoms with Crippen LogP contribution in [0.15, 0.2) is 54.6 Å². The van der Waals surface area contributed by atoms with E-state index in [2.05, 4.69) is 22.8 Å². The number of fused-ring (bicyclic) bond motifs is 1. The first-order chi connectivity index (χ1) is 19.0. The number of rotatable bonds is 8. The average Bonchev–Trinajstić information content (AvgIpc) is 3.19. The van der Waals surface area contributed by atoms with E-state index in [9.17, 15) is 19.2 Å². The van der Waals surface area contributed by atoms with Crippen molar-refractivity contribution < 1.29 is 42.9 Å². The summed E-state index contributed by atoms with van der Waals surface area (Å²) in [5.41, 5.74) is 3.83. The Morgan fingerprint density at radius 3 is 2.08 bits per heavy atom. The molecule has 0 aliphatic carbocycles. The third-order valence-electron chi connectivity index (χ3n) is 6.71. The summed E-state index contributed by atoms with van der Waals surface area (Å²) in [7, 11) is 2.01. The molecule has 0 radical (unpaired) electrons. The molecule has 1 fully saturated rings. The van der Waals surface area contributed by atoms with Crippen LogP contribution in [0.5, 0.6) is 0 Å². The van der Waals surface area contributed by atoms with Crippen molar-refractivity contribution in [1.29, 1.82) is 0 Å². The van der Waals surface area contributed by atoms with Gasteiger partial charge in [0, 0.05) is 52.4 Å². The largest absolute Gasteiger partial charge is 0.463 e. The van der Waals surface area contributed by atoms with Crippen LogP contribution in [0.3, 0.4) is 0 Å². The van der Waals surface area contributed by atoms with Crippen LogP contribution in [0.4, 0.5) is 0 Å². The summed E-state index contributed by atoms with van der Waals surface area (Å²) in [5.74, 6) is -2.54. The molecule has 1 aromatic heterocycles. The van der Waals surface area contributed by atoms with E-state index in [-0.39, 0.29) is 6.61 Å². The van der Waals surface area contributed by atoms with Gasteiger partial charge in [-0.15, -0.1) is 0 Å². The van der Waals surface area contributed by atoms with Crippen LogP contribution in [-0.2, 0) is 56.3 Å². The van der Waals surface area contributed by atoms with Crippen LogP contribution in [0.25, 0.3) is 10.9 Å². The number of para-hydroxylation sites is 1. The Bertz CT molecular complexity index is 1410. The van der Waals surface area contributed by atoms with Gasteiger partial charge in [-0.3, -0.25) is 19.2 Å². The van der Waals surface area contributed by atoms with Gasteiger partial charge in [-0.05, 0) is 28.6 Å². The first kappa shape index (κ1) is 28.8. The Morgan fingerprint density at radius 1 is 0.775 bits per heavy atom. The van der Waals surface area contributed by atoms with Gasteiger partial charge < -0.3 is 28.3 Å². The second-order valence-electron chi connectivity index (χ2n) is 9.80. The zero-order valence-electron chi connectivity index (χ0n) is 23.1. The van der Waals surface area contributed by atoms with Crippen molar-refractivity contribution in [3.63, 3.8) is 0 Å². The van der Waals surface area contributed by atoms with Crippen LogP contribution < -0.4 is 0 Å². The molecule has 4 rings (SSSR count). The molecule has 1 saturated heterocycles. The molecule has 0 unspecified atom stereocenters. The molecule has 212 valence electrons. The number of carbonyl (C=O) groups excluding carboxylic acids is 4. The number of hydrogen-bond donors (Lipinski definition) is 0. The van der Waals surface area contributed by atoms with E-state index < -0.39 is 54.4 Å². The minimum Gasteiger partial charge on any atom is -0.463 e. The highest BCUT2D eigenvalue weighted by Crippen LogP contribution is 2.38. The van der Waals surface area contributed by atoms with Gasteiger partial charge in [0.2, 0.25) is 0 Å². The molecule has 0 saturated carbocycles. The highest BCUT2D eigenvalue weighted by Gasteiger charge is 2.52. The minimum absolute atomic E-state index is 0.274. The quantitative estimate of drug-likeness (QED) is 0.306. The fourth-order valence-electron chi connectivity index (χ4n) is 5.10. The lowest BCUT2D eigenvalue weighted by molar-refractivity contribution is -0.254. The Labute approximate surface area is 232 Å². The van der Waals surface area contributed by atoms with Crippen molar-refractivity contribution in [2.24, 2.45) is 7.05 Å². The Hall–Kier alpha value is -4.18. The number of esters is 4. The predicted octanol–water partition coefficient (Wildman–Crippen LogP) is 3.57. The fraction of sp³-hybridized carbons (Fsp3) is 0.400. The second kappa shape index (κ2) is 12.3. The second-order valence-corrected chi connectivity index (χ2v) is 9.80. The summed E-state index contributed by atoms with van der Waals surface area (Å²) < 4.78 is 30.3. The molecule has 10 nitrogen and oxygen atoms in total. The van der Waals surface area contributed by atoms with E-state index >= 15 is 0 Å². The van der Waals surface area contributed by atoms with Crippen LogP contribution in [0.2, 0.25) is 0 Å². The predicted molar refractivity (Wildman–Crippen MR) is 143 cm³/mol. The number of nitrogens with zero attached hydrogens (tertiary/aromatic N) is 1. The van der Waals surface area contributed by atoms with E-state index in [1.807, 2.05) is 43.4 Å². The first-order valence-corrected chi connectivity index (χ1v) is 13.0. The lowest BCUT2D eigenvalue weighted by Gasteiger charge is -2.44. The van der Waals surface area contributed by atoms with Gasteiger partial charge >= 0.3 is 23.9 Å². The maximum atomic E-state index is 12.2. The minimum atomic E-state index is -1.22. The van der Waals surface area contributed by atoms with Gasteiger partial charge in [0.05, 0.1) is 0 Å². The number of hydrogen-bond acceptors (Lipinski definition) is 9. The van der Waals surface area contributed by atoms with E-state index in [0.29, 0.717) is 12.0 Å². The van der Waals surface area contributed by atoms with E-state index in [0.717, 1.165) is 22.2 Å². The van der Waals surface area contributed by atoms with Crippen molar-refractivity contribution in [2.75, 3.05) is 6.61 Å². The van der Waals surface area contributed by atoms with Gasteiger partial charge in [0.1, 0.15) is 18.8 Å². The molecule has 1 aliphatic heterocycles. The maximum Gasteiger partial charge on any atom is 0.303 e. The van der Waals surface area contributed by atoms with Crippen molar-refractivity contribution in [1.82, 2.24) is 4.57 Å². The number of benzene rings is 2. The van der Waals surface area contributed by atoms with Gasteiger partial charge in [0.25, 0.3) is 0 Å². The summed E-state index contributed by atoms with van der Waals surface area (Å²) in [6, 6.07) is 17.8. The third-order valence-corrected chi connectivity index (χ3v) is 6.71. The van der Waals surface area contributed by atoms with Crippen molar-refractivity contribution in [3.8, 4) is 0 Å². The zero-order chi connectivity index (χ0) is 29.0. The Morgan fingerprint density at radius 2 is 1.43 bits per heavy atom. The topological polar surface area (TPSA) is 119 Å². The van der Waals surface area contributed by atoms with Gasteiger partial charge in [-0.2, -0.15) is 0 Å². The van der Waals surface area contributed by atoms with E-state index in [4.69, 9.17) is 23.7 Å². The smallest absolute Gasteiger partial charge is 0.303 e. The summed E-state index contributed by atoms with van der Waals surface area (Å²) in [4.78, 5) is 47.9. The standard InChI is InChI=1S/C30H33NO9/c1-17(32)36-16-26-28(37-18(2)33)30(39-20(4)35)29(38-19(3)34)27(40-26)23-11-8-9-21(13-23)14-24-15-22-10-6-7-12-25(22)31(24)5/h6-13,15,26-30H,14,16H2,1-5H3/t26-,27+,28-,29+,30+/m1/s1. The van der Waals surface area contributed by atoms with Crippen LogP contribution >= 0.6 is 0 Å². The van der Waals surface area contributed by atoms with Gasteiger partial charge in [-0.1, -0.05) is 42.5 Å². The molecule has 2 heterocycles. The number of aryl methyl sites for hydroxylation is 1. The molecule has 1 aliphatic rings. The molecular formula is C30H33NO9. The fourth-order valence-corrected chi connectivity index (χ4v) is 5.10. The molecule has 0 amide bonds. The van der Waals surface area contributed by atoms with Crippen molar-refractivity contribution in [2.45, 2.75) is 64.6 Å². The van der Waals surface area contributed by atoms with Crippen molar-refractivity contribution >= 4 is 34.8 Å². The third kappa shape index (κ3) is 6.69. The molecule has 3 aromatic rings. The monoisotopic (exact) mass is 551 g/mol. The lowest BCUT2D eigenvalue weighted by Crippen LogP contribution is -2.59. The lowest BCUT2D eigenvalue weighted by atomic mass is 9.89. The number of carbonyl (C=O) groups is 4. The summed E-state index contributed by atoms with van der Waals surface area (Å²) in [6.45, 7) is 4.58. The van der Waals surface area contributed by atoms with Crippen LogP contribution in [-0.4, -0.2) is 59.5 Å². The van der Waals surface area contributed by atoms with E-state index in [1.165, 1.54) is 27.7 Å². The Balaban J connectivity index is 1.73. The molecule has 0 N–H and O–H groups in total. The highest BCUT2D eigenvalue weighted by molar-refractivity contribution is 5.81. The number of ether oxygens (including phenoxy) is 5. The van der Waals surface area contributed by atoms with Gasteiger partial charge in [0.15, 0.2) is 18.3 Å². The molecule has 0 bridgehead atoms. The summed E-state index contributed by atoms with van der Waals surface area (Å²) >= 11 is 0. The molecule has 5 atom stereocenters. The van der Waals surface area contributed by atoms with Crippen LogP contribution in [0, 0.1) is 0 Å².